The molecular weight excluding hydrogens is 396 g/mol. The number of benzene rings is 2. The van der Waals surface area contributed by atoms with Gasteiger partial charge in [-0.15, -0.1) is 11.8 Å². The number of ether oxygens (including phenoxy) is 1. The maximum Gasteiger partial charge on any atom is 0.258 e. The summed E-state index contributed by atoms with van der Waals surface area (Å²) in [5.74, 6) is 2.15. The molecule has 7 nitrogen and oxygen atoms in total. The number of thioether (sulfide) groups is 1. The molecule has 2 heterocycles. The van der Waals surface area contributed by atoms with Gasteiger partial charge in [-0.05, 0) is 37.3 Å². The fourth-order valence-corrected chi connectivity index (χ4v) is 4.34. The van der Waals surface area contributed by atoms with Crippen LogP contribution in [0, 0.1) is 6.92 Å². The van der Waals surface area contributed by atoms with Gasteiger partial charge in [0.05, 0.1) is 28.6 Å². The second-order valence-electron chi connectivity index (χ2n) is 5.83. The van der Waals surface area contributed by atoms with Gasteiger partial charge in [0, 0.05) is 4.90 Å². The van der Waals surface area contributed by atoms with E-state index in [0.29, 0.717) is 28.2 Å². The van der Waals surface area contributed by atoms with Crippen LogP contribution in [0.1, 0.15) is 22.1 Å². The minimum absolute atomic E-state index is 0.212. The summed E-state index contributed by atoms with van der Waals surface area (Å²) in [5.41, 5.74) is 1.39. The van der Waals surface area contributed by atoms with Crippen LogP contribution in [0.2, 0.25) is 0 Å². The van der Waals surface area contributed by atoms with Crippen molar-refractivity contribution in [3.63, 3.8) is 0 Å². The van der Waals surface area contributed by atoms with Crippen molar-refractivity contribution in [2.75, 3.05) is 12.4 Å². The van der Waals surface area contributed by atoms with E-state index in [1.165, 1.54) is 23.1 Å². The second-order valence-corrected chi connectivity index (χ2v) is 7.87. The number of amides is 1. The third kappa shape index (κ3) is 4.00. The van der Waals surface area contributed by atoms with Crippen LogP contribution in [0.3, 0.4) is 0 Å². The number of hydrogen-bond acceptors (Lipinski definition) is 8. The number of methoxy groups -OCH3 is 1. The number of thiazole rings is 1. The zero-order valence-corrected chi connectivity index (χ0v) is 16.8. The van der Waals surface area contributed by atoms with Gasteiger partial charge >= 0.3 is 0 Å². The molecule has 0 aliphatic carbocycles. The predicted octanol–water partition coefficient (Wildman–Crippen LogP) is 4.54. The lowest BCUT2D eigenvalue weighted by atomic mass is 10.2. The molecule has 2 aromatic carbocycles. The number of anilines is 1. The van der Waals surface area contributed by atoms with Gasteiger partial charge in [-0.3, -0.25) is 10.1 Å². The Balaban J connectivity index is 1.51. The molecule has 142 valence electrons. The van der Waals surface area contributed by atoms with Crippen LogP contribution < -0.4 is 10.1 Å². The van der Waals surface area contributed by atoms with Gasteiger partial charge in [0.1, 0.15) is 5.75 Å². The van der Waals surface area contributed by atoms with Crippen LogP contribution in [-0.4, -0.2) is 28.1 Å². The third-order valence-corrected chi connectivity index (χ3v) is 5.86. The zero-order valence-electron chi connectivity index (χ0n) is 15.1. The Morgan fingerprint density at radius 3 is 2.89 bits per heavy atom. The lowest BCUT2D eigenvalue weighted by Crippen LogP contribution is -2.12. The van der Waals surface area contributed by atoms with Gasteiger partial charge in [0.15, 0.2) is 11.0 Å². The van der Waals surface area contributed by atoms with E-state index in [9.17, 15) is 4.79 Å². The number of fused-ring (bicyclic) bond motifs is 1. The molecule has 0 unspecified atom stereocenters. The van der Waals surface area contributed by atoms with Crippen molar-refractivity contribution in [1.82, 2.24) is 15.1 Å². The molecule has 1 N–H and O–H groups in total. The fourth-order valence-electron chi connectivity index (χ4n) is 2.57. The standard InChI is InChI=1S/C19H16N4O3S2/c1-11-20-17(26-23-11)10-27-15-6-4-3-5-13(15)18(24)22-19-21-14-8-7-12(25-2)9-16(14)28-19/h3-9H,10H2,1-2H3,(H,21,22,24). The lowest BCUT2D eigenvalue weighted by molar-refractivity contribution is 0.102. The SMILES string of the molecule is COc1ccc2nc(NC(=O)c3ccccc3SCc3nc(C)no3)sc2c1. The van der Waals surface area contributed by atoms with Crippen molar-refractivity contribution >= 4 is 44.4 Å². The first-order chi connectivity index (χ1) is 13.6. The fraction of sp³-hybridized carbons (Fsp3) is 0.158. The van der Waals surface area contributed by atoms with E-state index in [-0.39, 0.29) is 5.91 Å². The van der Waals surface area contributed by atoms with Crippen molar-refractivity contribution in [3.05, 3.63) is 59.7 Å². The van der Waals surface area contributed by atoms with Gasteiger partial charge in [0.25, 0.3) is 5.91 Å². The normalized spacial score (nSPS) is 10.9. The maximum absolute atomic E-state index is 12.8. The molecule has 0 aliphatic rings. The van der Waals surface area contributed by atoms with Crippen LogP contribution in [-0.2, 0) is 5.75 Å². The molecule has 0 saturated carbocycles. The molecule has 28 heavy (non-hydrogen) atoms. The molecular formula is C19H16N4O3S2. The summed E-state index contributed by atoms with van der Waals surface area (Å²) in [5, 5.41) is 7.21. The Hall–Kier alpha value is -2.91. The van der Waals surface area contributed by atoms with Gasteiger partial charge in [-0.25, -0.2) is 4.98 Å². The number of aromatic nitrogens is 3. The summed E-state index contributed by atoms with van der Waals surface area (Å²) in [6, 6.07) is 13.0. The third-order valence-electron chi connectivity index (χ3n) is 3.87. The maximum atomic E-state index is 12.8. The van der Waals surface area contributed by atoms with E-state index >= 15 is 0 Å². The molecule has 4 rings (SSSR count). The Morgan fingerprint density at radius 1 is 1.25 bits per heavy atom. The summed E-state index contributed by atoms with van der Waals surface area (Å²) in [6.07, 6.45) is 0. The van der Waals surface area contributed by atoms with Gasteiger partial charge < -0.3 is 9.26 Å². The first-order valence-corrected chi connectivity index (χ1v) is 10.2. The van der Waals surface area contributed by atoms with Crippen molar-refractivity contribution in [2.45, 2.75) is 17.6 Å². The summed E-state index contributed by atoms with van der Waals surface area (Å²) >= 11 is 2.88. The number of nitrogens with zero attached hydrogens (tertiary/aromatic N) is 3. The summed E-state index contributed by atoms with van der Waals surface area (Å²) in [6.45, 7) is 1.77. The molecule has 0 spiro atoms. The number of carbonyl (C=O) groups is 1. The lowest BCUT2D eigenvalue weighted by Gasteiger charge is -2.07. The first-order valence-electron chi connectivity index (χ1n) is 8.39. The average Bonchev–Trinajstić information content (AvgIpc) is 3.31. The van der Waals surface area contributed by atoms with E-state index < -0.39 is 0 Å². The highest BCUT2D eigenvalue weighted by Gasteiger charge is 2.15. The highest BCUT2D eigenvalue weighted by Crippen LogP contribution is 2.31. The average molecular weight is 412 g/mol. The Bertz CT molecular complexity index is 1140. The molecule has 1 amide bonds. The van der Waals surface area contributed by atoms with Crippen molar-refractivity contribution < 1.29 is 14.1 Å². The minimum Gasteiger partial charge on any atom is -0.497 e. The van der Waals surface area contributed by atoms with Gasteiger partial charge in [-0.1, -0.05) is 28.6 Å². The minimum atomic E-state index is -0.212. The summed E-state index contributed by atoms with van der Waals surface area (Å²) < 4.78 is 11.3. The summed E-state index contributed by atoms with van der Waals surface area (Å²) in [7, 11) is 1.62. The van der Waals surface area contributed by atoms with Crippen LogP contribution in [0.15, 0.2) is 51.9 Å². The Labute approximate surface area is 169 Å². The van der Waals surface area contributed by atoms with Crippen LogP contribution >= 0.6 is 23.1 Å². The van der Waals surface area contributed by atoms with Crippen molar-refractivity contribution in [2.24, 2.45) is 0 Å². The second kappa shape index (κ2) is 7.99. The molecule has 0 aliphatic heterocycles. The quantitative estimate of drug-likeness (QED) is 0.465. The van der Waals surface area contributed by atoms with E-state index in [0.717, 1.165) is 20.9 Å². The predicted molar refractivity (Wildman–Crippen MR) is 109 cm³/mol. The topological polar surface area (TPSA) is 90.1 Å². The van der Waals surface area contributed by atoms with Crippen LogP contribution in [0.25, 0.3) is 10.2 Å². The highest BCUT2D eigenvalue weighted by atomic mass is 32.2. The molecule has 0 radical (unpaired) electrons. The molecule has 0 fully saturated rings. The van der Waals surface area contributed by atoms with E-state index in [4.69, 9.17) is 9.26 Å². The number of aryl methyl sites for hydroxylation is 1. The molecule has 0 saturated heterocycles. The number of hydrogen-bond donors (Lipinski definition) is 1. The van der Waals surface area contributed by atoms with Crippen molar-refractivity contribution in [1.29, 1.82) is 0 Å². The summed E-state index contributed by atoms with van der Waals surface area (Å²) in [4.78, 5) is 22.3. The molecule has 9 heteroatoms. The molecule has 0 atom stereocenters. The number of nitrogens with one attached hydrogen (secondary N) is 1. The van der Waals surface area contributed by atoms with Crippen molar-refractivity contribution in [3.8, 4) is 5.75 Å². The van der Waals surface area contributed by atoms with E-state index in [1.807, 2.05) is 36.4 Å². The molecule has 2 aromatic heterocycles. The van der Waals surface area contributed by atoms with E-state index in [2.05, 4.69) is 20.4 Å². The molecule has 0 bridgehead atoms. The van der Waals surface area contributed by atoms with Gasteiger partial charge in [0.2, 0.25) is 5.89 Å². The Morgan fingerprint density at radius 2 is 2.11 bits per heavy atom. The zero-order chi connectivity index (χ0) is 19.5. The van der Waals surface area contributed by atoms with Crippen LogP contribution in [0.4, 0.5) is 5.13 Å². The first kappa shape index (κ1) is 18.5. The van der Waals surface area contributed by atoms with E-state index in [1.54, 1.807) is 20.1 Å². The number of carbonyl (C=O) groups excluding carboxylic acids is 1. The highest BCUT2D eigenvalue weighted by molar-refractivity contribution is 7.98. The smallest absolute Gasteiger partial charge is 0.258 e. The number of rotatable bonds is 6. The van der Waals surface area contributed by atoms with Crippen LogP contribution in [0.5, 0.6) is 5.75 Å². The largest absolute Gasteiger partial charge is 0.497 e. The Kier molecular flexibility index (Phi) is 5.27. The van der Waals surface area contributed by atoms with Gasteiger partial charge in [-0.2, -0.15) is 4.98 Å². The molecule has 4 aromatic rings. The monoisotopic (exact) mass is 412 g/mol.